The fourth-order valence-electron chi connectivity index (χ4n) is 1.04. The van der Waals surface area contributed by atoms with Gasteiger partial charge in [0.25, 0.3) is 0 Å². The second-order valence-electron chi connectivity index (χ2n) is 3.60. The number of amides is 1. The van der Waals surface area contributed by atoms with Crippen LogP contribution < -0.4 is 11.1 Å². The quantitative estimate of drug-likeness (QED) is 0.513. The lowest BCUT2D eigenvalue weighted by molar-refractivity contribution is -0.123. The van der Waals surface area contributed by atoms with Gasteiger partial charge in [0.2, 0.25) is 5.91 Å². The summed E-state index contributed by atoms with van der Waals surface area (Å²) in [5, 5.41) is 11.3. The molecule has 1 aliphatic carbocycles. The lowest BCUT2D eigenvalue weighted by Crippen LogP contribution is -2.43. The number of carbonyl (C=O) groups is 1. The van der Waals surface area contributed by atoms with E-state index in [1.165, 1.54) is 0 Å². The van der Waals surface area contributed by atoms with Gasteiger partial charge in [0.05, 0.1) is 5.54 Å². The molecule has 82 valence electrons. The molecule has 0 unspecified atom stereocenters. The first-order chi connectivity index (χ1) is 6.69. The number of nitrogens with two attached hydrogens (primary N) is 1. The average molecular weight is 218 g/mol. The maximum Gasteiger partial charge on any atom is 0.240 e. The van der Waals surface area contributed by atoms with E-state index in [0.717, 1.165) is 30.8 Å². The molecule has 0 bridgehead atoms. The molecule has 4 nitrogen and oxygen atoms in total. The van der Waals surface area contributed by atoms with Crippen molar-refractivity contribution in [1.29, 1.82) is 0 Å². The number of nitrogens with one attached hydrogen (secondary N) is 1. The van der Waals surface area contributed by atoms with E-state index in [1.54, 1.807) is 11.8 Å². The molecule has 1 amide bonds. The molecular formula is C9H18N2O2S. The van der Waals surface area contributed by atoms with Gasteiger partial charge in [0, 0.05) is 18.9 Å². The Kier molecular flexibility index (Phi) is 4.71. The third-order valence-electron chi connectivity index (χ3n) is 2.22. The number of rotatable bonds is 7. The predicted octanol–water partition coefficient (Wildman–Crippen LogP) is -0.291. The summed E-state index contributed by atoms with van der Waals surface area (Å²) < 4.78 is 0. The summed E-state index contributed by atoms with van der Waals surface area (Å²) in [6, 6.07) is 0. The molecule has 1 saturated carbocycles. The SMILES string of the molecule is NC1(C(=O)NCCSCCCO)CC1. The van der Waals surface area contributed by atoms with E-state index in [-0.39, 0.29) is 12.5 Å². The highest BCUT2D eigenvalue weighted by Crippen LogP contribution is 2.31. The van der Waals surface area contributed by atoms with Crippen LogP contribution in [0.4, 0.5) is 0 Å². The number of aliphatic hydroxyl groups excluding tert-OH is 1. The second kappa shape index (κ2) is 5.58. The van der Waals surface area contributed by atoms with Crippen LogP contribution in [0.1, 0.15) is 19.3 Å². The van der Waals surface area contributed by atoms with E-state index < -0.39 is 5.54 Å². The van der Waals surface area contributed by atoms with Crippen molar-refractivity contribution >= 4 is 17.7 Å². The molecule has 5 heteroatoms. The lowest BCUT2D eigenvalue weighted by Gasteiger charge is -2.09. The molecule has 0 aromatic carbocycles. The van der Waals surface area contributed by atoms with Gasteiger partial charge >= 0.3 is 0 Å². The molecule has 0 radical (unpaired) electrons. The van der Waals surface area contributed by atoms with Crippen molar-refractivity contribution in [2.75, 3.05) is 24.7 Å². The van der Waals surface area contributed by atoms with Crippen molar-refractivity contribution in [2.45, 2.75) is 24.8 Å². The highest BCUT2D eigenvalue weighted by Gasteiger charge is 2.45. The molecule has 0 aromatic heterocycles. The van der Waals surface area contributed by atoms with Crippen molar-refractivity contribution in [3.8, 4) is 0 Å². The van der Waals surface area contributed by atoms with Gasteiger partial charge in [-0.2, -0.15) is 11.8 Å². The van der Waals surface area contributed by atoms with Gasteiger partial charge < -0.3 is 16.2 Å². The third kappa shape index (κ3) is 3.86. The van der Waals surface area contributed by atoms with Crippen LogP contribution in [0.15, 0.2) is 0 Å². The highest BCUT2D eigenvalue weighted by molar-refractivity contribution is 7.99. The average Bonchev–Trinajstić information content (AvgIpc) is 2.91. The molecule has 1 aliphatic rings. The van der Waals surface area contributed by atoms with Crippen LogP contribution in [0.3, 0.4) is 0 Å². The summed E-state index contributed by atoms with van der Waals surface area (Å²) in [5.74, 6) is 1.82. The summed E-state index contributed by atoms with van der Waals surface area (Å²) in [6.07, 6.45) is 2.45. The first-order valence-corrected chi connectivity index (χ1v) is 6.10. The first-order valence-electron chi connectivity index (χ1n) is 4.95. The van der Waals surface area contributed by atoms with Crippen LogP contribution in [-0.4, -0.2) is 41.2 Å². The molecular weight excluding hydrogens is 200 g/mol. The minimum Gasteiger partial charge on any atom is -0.396 e. The van der Waals surface area contributed by atoms with Crippen LogP contribution in [0.5, 0.6) is 0 Å². The van der Waals surface area contributed by atoms with Crippen molar-refractivity contribution in [1.82, 2.24) is 5.32 Å². The Hall–Kier alpha value is -0.260. The molecule has 4 N–H and O–H groups in total. The lowest BCUT2D eigenvalue weighted by atomic mass is 10.3. The monoisotopic (exact) mass is 218 g/mol. The van der Waals surface area contributed by atoms with Gasteiger partial charge in [-0.3, -0.25) is 4.79 Å². The van der Waals surface area contributed by atoms with Gasteiger partial charge in [-0.25, -0.2) is 0 Å². The number of carbonyl (C=O) groups excluding carboxylic acids is 1. The standard InChI is InChI=1S/C9H18N2O2S/c10-9(2-3-9)8(13)11-4-7-14-6-1-5-12/h12H,1-7,10H2,(H,11,13). The van der Waals surface area contributed by atoms with E-state index in [9.17, 15) is 4.79 Å². The van der Waals surface area contributed by atoms with Crippen LogP contribution in [0.2, 0.25) is 0 Å². The fraction of sp³-hybridized carbons (Fsp3) is 0.889. The van der Waals surface area contributed by atoms with Crippen LogP contribution >= 0.6 is 11.8 Å². The minimum absolute atomic E-state index is 0.0136. The minimum atomic E-state index is -0.546. The number of aliphatic hydroxyl groups is 1. The second-order valence-corrected chi connectivity index (χ2v) is 4.83. The molecule has 0 aliphatic heterocycles. The zero-order chi connectivity index (χ0) is 10.4. The van der Waals surface area contributed by atoms with E-state index in [2.05, 4.69) is 5.32 Å². The normalized spacial score (nSPS) is 17.9. The Morgan fingerprint density at radius 2 is 2.21 bits per heavy atom. The number of hydrogen-bond donors (Lipinski definition) is 3. The van der Waals surface area contributed by atoms with Crippen molar-refractivity contribution in [2.24, 2.45) is 5.73 Å². The third-order valence-corrected chi connectivity index (χ3v) is 3.29. The van der Waals surface area contributed by atoms with E-state index >= 15 is 0 Å². The molecule has 0 saturated heterocycles. The largest absolute Gasteiger partial charge is 0.396 e. The first kappa shape index (κ1) is 11.8. The Morgan fingerprint density at radius 3 is 2.79 bits per heavy atom. The molecule has 1 rings (SSSR count). The number of thioether (sulfide) groups is 1. The van der Waals surface area contributed by atoms with Crippen molar-refractivity contribution < 1.29 is 9.90 Å². The van der Waals surface area contributed by atoms with Gasteiger partial charge in [0.1, 0.15) is 0 Å². The zero-order valence-corrected chi connectivity index (χ0v) is 9.11. The van der Waals surface area contributed by atoms with Crippen LogP contribution in [-0.2, 0) is 4.79 Å². The van der Waals surface area contributed by atoms with Crippen LogP contribution in [0, 0.1) is 0 Å². The summed E-state index contributed by atoms with van der Waals surface area (Å²) >= 11 is 1.74. The van der Waals surface area contributed by atoms with Gasteiger partial charge in [-0.05, 0) is 25.0 Å². The Labute approximate surface area is 88.6 Å². The fourth-order valence-corrected chi connectivity index (χ4v) is 1.83. The molecule has 0 spiro atoms. The summed E-state index contributed by atoms with van der Waals surface area (Å²) in [4.78, 5) is 11.3. The van der Waals surface area contributed by atoms with Gasteiger partial charge in [0.15, 0.2) is 0 Å². The van der Waals surface area contributed by atoms with E-state index in [1.807, 2.05) is 0 Å². The Balaban J connectivity index is 1.91. The number of hydrogen-bond acceptors (Lipinski definition) is 4. The summed E-state index contributed by atoms with van der Waals surface area (Å²) in [6.45, 7) is 0.916. The topological polar surface area (TPSA) is 75.4 Å². The Morgan fingerprint density at radius 1 is 1.50 bits per heavy atom. The van der Waals surface area contributed by atoms with Crippen LogP contribution in [0.25, 0.3) is 0 Å². The molecule has 0 aromatic rings. The summed E-state index contributed by atoms with van der Waals surface area (Å²) in [5.41, 5.74) is 5.15. The molecule has 0 atom stereocenters. The highest BCUT2D eigenvalue weighted by atomic mass is 32.2. The predicted molar refractivity (Wildman–Crippen MR) is 58.2 cm³/mol. The summed E-state index contributed by atoms with van der Waals surface area (Å²) in [7, 11) is 0. The molecule has 0 heterocycles. The Bertz CT molecular complexity index is 195. The zero-order valence-electron chi connectivity index (χ0n) is 8.29. The maximum atomic E-state index is 11.3. The van der Waals surface area contributed by atoms with Crippen molar-refractivity contribution in [3.63, 3.8) is 0 Å². The maximum absolute atomic E-state index is 11.3. The van der Waals surface area contributed by atoms with Crippen molar-refractivity contribution in [3.05, 3.63) is 0 Å². The molecule has 14 heavy (non-hydrogen) atoms. The van der Waals surface area contributed by atoms with E-state index in [4.69, 9.17) is 10.8 Å². The van der Waals surface area contributed by atoms with Gasteiger partial charge in [-0.1, -0.05) is 0 Å². The van der Waals surface area contributed by atoms with Gasteiger partial charge in [-0.15, -0.1) is 0 Å². The van der Waals surface area contributed by atoms with E-state index in [0.29, 0.717) is 6.54 Å². The molecule has 1 fully saturated rings. The smallest absolute Gasteiger partial charge is 0.240 e.